The molecule has 1 amide bonds. The van der Waals surface area contributed by atoms with Gasteiger partial charge >= 0.3 is 0 Å². The normalized spacial score (nSPS) is 24.4. The van der Waals surface area contributed by atoms with E-state index in [2.05, 4.69) is 48.0 Å². The number of H-pyrrole nitrogens is 1. The largest absolute Gasteiger partial charge is 0.392 e. The zero-order chi connectivity index (χ0) is 21.5. The van der Waals surface area contributed by atoms with Crippen molar-refractivity contribution in [2.24, 2.45) is 0 Å². The molecule has 2 aliphatic heterocycles. The fourth-order valence-corrected chi connectivity index (χ4v) is 5.08. The Morgan fingerprint density at radius 3 is 2.77 bits per heavy atom. The summed E-state index contributed by atoms with van der Waals surface area (Å²) < 4.78 is 0. The number of benzene rings is 2. The van der Waals surface area contributed by atoms with Crippen LogP contribution < -0.4 is 0 Å². The van der Waals surface area contributed by atoms with Gasteiger partial charge in [0.25, 0.3) is 0 Å². The molecule has 2 aromatic carbocycles. The van der Waals surface area contributed by atoms with Crippen molar-refractivity contribution >= 4 is 16.9 Å². The van der Waals surface area contributed by atoms with Crippen LogP contribution in [-0.4, -0.2) is 56.0 Å². The fourth-order valence-electron chi connectivity index (χ4n) is 5.08. The lowest BCUT2D eigenvalue weighted by molar-refractivity contribution is -0.137. The summed E-state index contributed by atoms with van der Waals surface area (Å²) in [6, 6.07) is 14.1. The Hall–Kier alpha value is -2.70. The molecule has 1 aromatic heterocycles. The first-order chi connectivity index (χ1) is 15.0. The first-order valence-electron chi connectivity index (χ1n) is 11.2. The van der Waals surface area contributed by atoms with E-state index in [1.807, 2.05) is 23.1 Å². The van der Waals surface area contributed by atoms with E-state index in [1.54, 1.807) is 0 Å². The predicted molar refractivity (Wildman–Crippen MR) is 121 cm³/mol. The molecule has 2 fully saturated rings. The Morgan fingerprint density at radius 1 is 1.19 bits per heavy atom. The number of rotatable bonds is 4. The SMILES string of the molecule is Cc1cc2nc([C@@H]3CCCN3C(=O)[C@H]3C[C@H](O)CN3Cc3ccccc3)[nH]c2cc1C. The summed E-state index contributed by atoms with van der Waals surface area (Å²) in [7, 11) is 0. The summed E-state index contributed by atoms with van der Waals surface area (Å²) in [5.74, 6) is 0.988. The van der Waals surface area contributed by atoms with Crippen LogP contribution in [0.25, 0.3) is 11.0 Å². The highest BCUT2D eigenvalue weighted by Gasteiger charge is 2.42. The van der Waals surface area contributed by atoms with Gasteiger partial charge in [0.2, 0.25) is 5.91 Å². The van der Waals surface area contributed by atoms with Crippen LogP contribution in [0.15, 0.2) is 42.5 Å². The monoisotopic (exact) mass is 418 g/mol. The quantitative estimate of drug-likeness (QED) is 0.680. The summed E-state index contributed by atoms with van der Waals surface area (Å²) in [4.78, 5) is 26.1. The molecule has 5 rings (SSSR count). The molecule has 0 aliphatic carbocycles. The lowest BCUT2D eigenvalue weighted by atomic mass is 10.1. The zero-order valence-corrected chi connectivity index (χ0v) is 18.2. The number of aromatic amines is 1. The number of β-amino-alcohol motifs (C(OH)–C–C–N with tert-alkyl or cyclic N) is 1. The number of carbonyl (C=O) groups excluding carboxylic acids is 1. The Balaban J connectivity index is 1.38. The molecule has 162 valence electrons. The van der Waals surface area contributed by atoms with Crippen molar-refractivity contribution in [2.45, 2.75) is 57.8 Å². The van der Waals surface area contributed by atoms with Crippen molar-refractivity contribution in [1.82, 2.24) is 19.8 Å². The average Bonchev–Trinajstić information content (AvgIpc) is 3.47. The topological polar surface area (TPSA) is 72.5 Å². The van der Waals surface area contributed by atoms with Crippen molar-refractivity contribution in [3.8, 4) is 0 Å². The number of likely N-dealkylation sites (tertiary alicyclic amines) is 2. The summed E-state index contributed by atoms with van der Waals surface area (Å²) >= 11 is 0. The van der Waals surface area contributed by atoms with Gasteiger partial charge in [0, 0.05) is 19.6 Å². The third-order valence-electron chi connectivity index (χ3n) is 6.86. The van der Waals surface area contributed by atoms with E-state index in [9.17, 15) is 9.90 Å². The number of fused-ring (bicyclic) bond motifs is 1. The third kappa shape index (κ3) is 3.86. The minimum atomic E-state index is -0.462. The number of hydrogen-bond donors (Lipinski definition) is 2. The van der Waals surface area contributed by atoms with Gasteiger partial charge in [-0.25, -0.2) is 4.98 Å². The van der Waals surface area contributed by atoms with Crippen LogP contribution in [0.4, 0.5) is 0 Å². The molecule has 0 saturated carbocycles. The van der Waals surface area contributed by atoms with Gasteiger partial charge in [-0.1, -0.05) is 30.3 Å². The Morgan fingerprint density at radius 2 is 1.97 bits per heavy atom. The van der Waals surface area contributed by atoms with Gasteiger partial charge in [0.15, 0.2) is 0 Å². The highest BCUT2D eigenvalue weighted by atomic mass is 16.3. The molecule has 2 saturated heterocycles. The fraction of sp³-hybridized carbons (Fsp3) is 0.440. The molecule has 3 aromatic rings. The van der Waals surface area contributed by atoms with Crippen molar-refractivity contribution in [1.29, 1.82) is 0 Å². The first kappa shape index (κ1) is 20.2. The van der Waals surface area contributed by atoms with Crippen molar-refractivity contribution < 1.29 is 9.90 Å². The first-order valence-corrected chi connectivity index (χ1v) is 11.2. The number of hydrogen-bond acceptors (Lipinski definition) is 4. The maximum Gasteiger partial charge on any atom is 0.240 e. The van der Waals surface area contributed by atoms with Crippen LogP contribution in [0.3, 0.4) is 0 Å². The van der Waals surface area contributed by atoms with Crippen LogP contribution in [0.2, 0.25) is 0 Å². The molecule has 2 aliphatic rings. The number of aromatic nitrogens is 2. The molecule has 6 nitrogen and oxygen atoms in total. The number of amides is 1. The number of imidazole rings is 1. The molecular formula is C25H30N4O2. The van der Waals surface area contributed by atoms with Gasteiger partial charge in [-0.15, -0.1) is 0 Å². The molecule has 31 heavy (non-hydrogen) atoms. The van der Waals surface area contributed by atoms with Crippen LogP contribution in [0.1, 0.15) is 47.8 Å². The molecule has 3 heterocycles. The third-order valence-corrected chi connectivity index (χ3v) is 6.86. The van der Waals surface area contributed by atoms with Crippen LogP contribution in [0.5, 0.6) is 0 Å². The van der Waals surface area contributed by atoms with Crippen LogP contribution in [0, 0.1) is 13.8 Å². The van der Waals surface area contributed by atoms with Gasteiger partial charge < -0.3 is 15.0 Å². The minimum absolute atomic E-state index is 0.0307. The summed E-state index contributed by atoms with van der Waals surface area (Å²) in [6.07, 6.45) is 1.92. The lowest BCUT2D eigenvalue weighted by Gasteiger charge is -2.30. The maximum absolute atomic E-state index is 13.6. The predicted octanol–water partition coefficient (Wildman–Crippen LogP) is 3.48. The lowest BCUT2D eigenvalue weighted by Crippen LogP contribution is -2.45. The number of aliphatic hydroxyl groups is 1. The van der Waals surface area contributed by atoms with Crippen LogP contribution >= 0.6 is 0 Å². The van der Waals surface area contributed by atoms with Crippen molar-refractivity contribution in [2.75, 3.05) is 13.1 Å². The van der Waals surface area contributed by atoms with Gasteiger partial charge in [-0.05, 0) is 61.9 Å². The molecule has 6 heteroatoms. The number of nitrogens with one attached hydrogen (secondary N) is 1. The highest BCUT2D eigenvalue weighted by molar-refractivity contribution is 5.83. The summed E-state index contributed by atoms with van der Waals surface area (Å²) in [6.45, 7) is 6.15. The number of carbonyl (C=O) groups is 1. The van der Waals surface area contributed by atoms with E-state index in [4.69, 9.17) is 4.98 Å². The molecule has 0 unspecified atom stereocenters. The second-order valence-corrected chi connectivity index (χ2v) is 9.09. The second-order valence-electron chi connectivity index (χ2n) is 9.09. The van der Waals surface area contributed by atoms with E-state index >= 15 is 0 Å². The Kier molecular flexibility index (Phi) is 5.28. The van der Waals surface area contributed by atoms with Crippen LogP contribution in [-0.2, 0) is 11.3 Å². The summed E-state index contributed by atoms with van der Waals surface area (Å²) in [5, 5.41) is 10.3. The second kappa shape index (κ2) is 8.09. The molecule has 0 spiro atoms. The Labute approximate surface area is 182 Å². The molecule has 0 bridgehead atoms. The number of nitrogens with zero attached hydrogens (tertiary/aromatic N) is 3. The minimum Gasteiger partial charge on any atom is -0.392 e. The van der Waals surface area contributed by atoms with Gasteiger partial charge in [-0.2, -0.15) is 0 Å². The van der Waals surface area contributed by atoms with Crippen molar-refractivity contribution in [3.05, 3.63) is 65.0 Å². The maximum atomic E-state index is 13.6. The summed E-state index contributed by atoms with van der Waals surface area (Å²) in [5.41, 5.74) is 5.61. The van der Waals surface area contributed by atoms with E-state index < -0.39 is 6.10 Å². The zero-order valence-electron chi connectivity index (χ0n) is 18.2. The molecule has 3 atom stereocenters. The van der Waals surface area contributed by atoms with E-state index in [-0.39, 0.29) is 18.0 Å². The Bertz CT molecular complexity index is 1050. The average molecular weight is 419 g/mol. The molecule has 0 radical (unpaired) electrons. The van der Waals surface area contributed by atoms with E-state index in [0.29, 0.717) is 19.5 Å². The van der Waals surface area contributed by atoms with E-state index in [1.165, 1.54) is 11.1 Å². The highest BCUT2D eigenvalue weighted by Crippen LogP contribution is 2.34. The molecule has 2 N–H and O–H groups in total. The van der Waals surface area contributed by atoms with E-state index in [0.717, 1.165) is 41.8 Å². The van der Waals surface area contributed by atoms with Gasteiger partial charge in [-0.3, -0.25) is 9.69 Å². The number of aryl methyl sites for hydroxylation is 2. The molecular weight excluding hydrogens is 388 g/mol. The van der Waals surface area contributed by atoms with Crippen molar-refractivity contribution in [3.63, 3.8) is 0 Å². The van der Waals surface area contributed by atoms with Gasteiger partial charge in [0.1, 0.15) is 5.82 Å². The smallest absolute Gasteiger partial charge is 0.240 e. The van der Waals surface area contributed by atoms with Gasteiger partial charge in [0.05, 0.1) is 29.2 Å². The number of aliphatic hydroxyl groups excluding tert-OH is 1. The standard InChI is InChI=1S/C25H30N4O2/c1-16-11-20-21(12-17(16)2)27-24(26-20)22-9-6-10-29(22)25(31)23-13-19(30)15-28(23)14-18-7-4-3-5-8-18/h3-5,7-8,11-12,19,22-23,30H,6,9-10,13-15H2,1-2H3,(H,26,27)/t19-,22-,23+/m0/s1.